The van der Waals surface area contributed by atoms with Crippen molar-refractivity contribution >= 4 is 0 Å². The highest BCUT2D eigenvalue weighted by Crippen LogP contribution is 2.47. The molecular weight excluding hydrogens is 136 g/mol. The molecule has 0 saturated heterocycles. The second-order valence-corrected chi connectivity index (χ2v) is 4.43. The lowest BCUT2D eigenvalue weighted by molar-refractivity contribution is 0.0998. The first-order valence-corrected chi connectivity index (χ1v) is 4.82. The number of rotatable bonds is 1. The Morgan fingerprint density at radius 3 is 2.00 bits per heavy atom. The Morgan fingerprint density at radius 1 is 1.00 bits per heavy atom. The lowest BCUT2D eigenvalue weighted by Crippen LogP contribution is -2.06. The molecule has 2 rings (SSSR count). The van der Waals surface area contributed by atoms with E-state index in [1.165, 1.54) is 25.7 Å². The standard InChI is InChI=1S/C10H18O/c1-7-3-8-5-10(11-2)6-9(8)4-7/h7-10H,3-6H2,1-2H3. The minimum atomic E-state index is 0.595. The van der Waals surface area contributed by atoms with E-state index >= 15 is 0 Å². The van der Waals surface area contributed by atoms with Gasteiger partial charge >= 0.3 is 0 Å². The van der Waals surface area contributed by atoms with Gasteiger partial charge in [-0.05, 0) is 43.4 Å². The van der Waals surface area contributed by atoms with Crippen molar-refractivity contribution in [1.82, 2.24) is 0 Å². The summed E-state index contributed by atoms with van der Waals surface area (Å²) in [4.78, 5) is 0. The molecule has 2 aliphatic carbocycles. The zero-order chi connectivity index (χ0) is 7.84. The van der Waals surface area contributed by atoms with Gasteiger partial charge in [-0.1, -0.05) is 6.92 Å². The third-order valence-corrected chi connectivity index (χ3v) is 3.54. The average molecular weight is 154 g/mol. The summed E-state index contributed by atoms with van der Waals surface area (Å²) in [5.41, 5.74) is 0. The quantitative estimate of drug-likeness (QED) is 0.563. The summed E-state index contributed by atoms with van der Waals surface area (Å²) in [6.07, 6.45) is 6.20. The van der Waals surface area contributed by atoms with Crippen molar-refractivity contribution in [2.75, 3.05) is 7.11 Å². The molecule has 0 bridgehead atoms. The molecule has 0 spiro atoms. The van der Waals surface area contributed by atoms with Gasteiger partial charge in [0.25, 0.3) is 0 Å². The van der Waals surface area contributed by atoms with Gasteiger partial charge in [-0.2, -0.15) is 0 Å². The fourth-order valence-electron chi connectivity index (χ4n) is 3.06. The summed E-state index contributed by atoms with van der Waals surface area (Å²) < 4.78 is 5.38. The molecule has 0 radical (unpaired) electrons. The summed E-state index contributed by atoms with van der Waals surface area (Å²) in [5, 5.41) is 0. The number of fused-ring (bicyclic) bond motifs is 1. The highest BCUT2D eigenvalue weighted by atomic mass is 16.5. The molecule has 1 nitrogen and oxygen atoms in total. The molecule has 2 unspecified atom stereocenters. The largest absolute Gasteiger partial charge is 0.381 e. The molecule has 2 saturated carbocycles. The van der Waals surface area contributed by atoms with Crippen molar-refractivity contribution in [3.8, 4) is 0 Å². The Hall–Kier alpha value is -0.0400. The van der Waals surface area contributed by atoms with Gasteiger partial charge in [0.1, 0.15) is 0 Å². The van der Waals surface area contributed by atoms with Gasteiger partial charge in [-0.15, -0.1) is 0 Å². The number of ether oxygens (including phenoxy) is 1. The predicted molar refractivity (Wildman–Crippen MR) is 45.4 cm³/mol. The van der Waals surface area contributed by atoms with E-state index in [0.29, 0.717) is 6.10 Å². The van der Waals surface area contributed by atoms with Crippen LogP contribution < -0.4 is 0 Å². The maximum Gasteiger partial charge on any atom is 0.0576 e. The van der Waals surface area contributed by atoms with Crippen LogP contribution in [0.3, 0.4) is 0 Å². The highest BCUT2D eigenvalue weighted by molar-refractivity contribution is 4.90. The minimum absolute atomic E-state index is 0.595. The van der Waals surface area contributed by atoms with Crippen LogP contribution in [0.2, 0.25) is 0 Å². The van der Waals surface area contributed by atoms with E-state index < -0.39 is 0 Å². The van der Waals surface area contributed by atoms with Crippen LogP contribution in [0, 0.1) is 17.8 Å². The Kier molecular flexibility index (Phi) is 1.92. The zero-order valence-corrected chi connectivity index (χ0v) is 7.55. The SMILES string of the molecule is COC1CC2CC(C)CC2C1. The molecule has 0 aromatic rings. The van der Waals surface area contributed by atoms with Crippen LogP contribution in [0.15, 0.2) is 0 Å². The van der Waals surface area contributed by atoms with Gasteiger partial charge in [-0.25, -0.2) is 0 Å². The highest BCUT2D eigenvalue weighted by Gasteiger charge is 2.39. The predicted octanol–water partition coefficient (Wildman–Crippen LogP) is 2.46. The van der Waals surface area contributed by atoms with Gasteiger partial charge in [0.2, 0.25) is 0 Å². The van der Waals surface area contributed by atoms with Crippen LogP contribution in [-0.4, -0.2) is 13.2 Å². The molecule has 2 atom stereocenters. The normalized spacial score (nSPS) is 49.6. The van der Waals surface area contributed by atoms with Gasteiger partial charge in [-0.3, -0.25) is 0 Å². The van der Waals surface area contributed by atoms with Crippen LogP contribution in [0.5, 0.6) is 0 Å². The molecule has 2 aliphatic rings. The molecule has 0 aromatic heterocycles. The van der Waals surface area contributed by atoms with Crippen molar-refractivity contribution < 1.29 is 4.74 Å². The number of hydrogen-bond acceptors (Lipinski definition) is 1. The van der Waals surface area contributed by atoms with E-state index in [9.17, 15) is 0 Å². The van der Waals surface area contributed by atoms with Crippen LogP contribution >= 0.6 is 0 Å². The van der Waals surface area contributed by atoms with Crippen LogP contribution in [-0.2, 0) is 4.74 Å². The van der Waals surface area contributed by atoms with E-state index in [2.05, 4.69) is 6.92 Å². The molecule has 0 heterocycles. The Morgan fingerprint density at radius 2 is 1.55 bits per heavy atom. The third kappa shape index (κ3) is 1.31. The number of methoxy groups -OCH3 is 1. The molecule has 0 amide bonds. The Labute approximate surface area is 69.1 Å². The molecule has 1 heteroatoms. The third-order valence-electron chi connectivity index (χ3n) is 3.54. The minimum Gasteiger partial charge on any atom is -0.381 e. The van der Waals surface area contributed by atoms with Gasteiger partial charge in [0.05, 0.1) is 6.10 Å². The van der Waals surface area contributed by atoms with Crippen molar-refractivity contribution in [3.63, 3.8) is 0 Å². The summed E-state index contributed by atoms with van der Waals surface area (Å²) in [5.74, 6) is 3.01. The zero-order valence-electron chi connectivity index (χ0n) is 7.55. The first kappa shape index (κ1) is 7.60. The first-order chi connectivity index (χ1) is 5.29. The maximum atomic E-state index is 5.38. The summed E-state index contributed by atoms with van der Waals surface area (Å²) >= 11 is 0. The van der Waals surface area contributed by atoms with Gasteiger partial charge < -0.3 is 4.74 Å². The van der Waals surface area contributed by atoms with Crippen LogP contribution in [0.1, 0.15) is 32.6 Å². The Balaban J connectivity index is 1.93. The van der Waals surface area contributed by atoms with E-state index in [1.807, 2.05) is 7.11 Å². The fourth-order valence-corrected chi connectivity index (χ4v) is 3.06. The second-order valence-electron chi connectivity index (χ2n) is 4.43. The van der Waals surface area contributed by atoms with Crippen molar-refractivity contribution in [2.24, 2.45) is 17.8 Å². The van der Waals surface area contributed by atoms with Crippen molar-refractivity contribution in [3.05, 3.63) is 0 Å². The van der Waals surface area contributed by atoms with Gasteiger partial charge in [0.15, 0.2) is 0 Å². The maximum absolute atomic E-state index is 5.38. The lowest BCUT2D eigenvalue weighted by atomic mass is 10.0. The fraction of sp³-hybridized carbons (Fsp3) is 1.00. The summed E-state index contributed by atoms with van der Waals surface area (Å²) in [6.45, 7) is 2.39. The average Bonchev–Trinajstić information content (AvgIpc) is 2.43. The monoisotopic (exact) mass is 154 g/mol. The molecular formula is C10H18O. The summed E-state index contributed by atoms with van der Waals surface area (Å²) in [7, 11) is 1.86. The van der Waals surface area contributed by atoms with E-state index in [-0.39, 0.29) is 0 Å². The Bertz CT molecular complexity index is 130. The molecule has 2 fully saturated rings. The summed E-state index contributed by atoms with van der Waals surface area (Å²) in [6, 6.07) is 0. The lowest BCUT2D eigenvalue weighted by Gasteiger charge is -2.09. The number of hydrogen-bond donors (Lipinski definition) is 0. The van der Waals surface area contributed by atoms with E-state index in [1.54, 1.807) is 0 Å². The first-order valence-electron chi connectivity index (χ1n) is 4.82. The topological polar surface area (TPSA) is 9.23 Å². The van der Waals surface area contributed by atoms with E-state index in [4.69, 9.17) is 4.74 Å². The molecule has 11 heavy (non-hydrogen) atoms. The van der Waals surface area contributed by atoms with Crippen molar-refractivity contribution in [2.45, 2.75) is 38.7 Å². The van der Waals surface area contributed by atoms with Crippen LogP contribution in [0.25, 0.3) is 0 Å². The van der Waals surface area contributed by atoms with Crippen molar-refractivity contribution in [1.29, 1.82) is 0 Å². The van der Waals surface area contributed by atoms with E-state index in [0.717, 1.165) is 17.8 Å². The molecule has 64 valence electrons. The molecule has 0 N–H and O–H groups in total. The molecule has 0 aliphatic heterocycles. The van der Waals surface area contributed by atoms with Gasteiger partial charge in [0, 0.05) is 7.11 Å². The molecule has 0 aromatic carbocycles. The smallest absolute Gasteiger partial charge is 0.0576 e. The van der Waals surface area contributed by atoms with Crippen LogP contribution in [0.4, 0.5) is 0 Å². The second kappa shape index (κ2) is 2.78.